The second-order valence-corrected chi connectivity index (χ2v) is 8.45. The molecule has 2 heterocycles. The molecule has 1 unspecified atom stereocenters. The highest BCUT2D eigenvalue weighted by molar-refractivity contribution is 5.93. The van der Waals surface area contributed by atoms with E-state index in [-0.39, 0.29) is 0 Å². The predicted molar refractivity (Wildman–Crippen MR) is 127 cm³/mol. The van der Waals surface area contributed by atoms with Crippen LogP contribution in [0.3, 0.4) is 0 Å². The number of imidazole rings is 1. The molecule has 5 rings (SSSR count). The number of fused-ring (bicyclic) bond motifs is 2. The minimum atomic E-state index is 0.438. The zero-order valence-electron chi connectivity index (χ0n) is 18.5. The van der Waals surface area contributed by atoms with E-state index >= 15 is 0 Å². The molecule has 7 nitrogen and oxygen atoms in total. The lowest BCUT2D eigenvalue weighted by atomic mass is 10.0. The van der Waals surface area contributed by atoms with Gasteiger partial charge in [-0.15, -0.1) is 0 Å². The number of ether oxygens (including phenoxy) is 1. The molecule has 0 spiro atoms. The van der Waals surface area contributed by atoms with Crippen LogP contribution < -0.4 is 15.8 Å². The number of nitrogen functional groups attached to an aromatic ring is 1. The second-order valence-electron chi connectivity index (χ2n) is 8.45. The molecule has 7 heteroatoms. The Kier molecular flexibility index (Phi) is 5.39. The molecule has 0 radical (unpaired) electrons. The van der Waals surface area contributed by atoms with Crippen molar-refractivity contribution in [2.75, 3.05) is 18.2 Å². The summed E-state index contributed by atoms with van der Waals surface area (Å²) in [5.41, 5.74) is 10.5. The van der Waals surface area contributed by atoms with Crippen molar-refractivity contribution in [1.29, 1.82) is 0 Å². The van der Waals surface area contributed by atoms with Crippen LogP contribution in [-0.4, -0.2) is 26.6 Å². The molecule has 164 valence electrons. The fourth-order valence-electron chi connectivity index (χ4n) is 4.41. The van der Waals surface area contributed by atoms with Crippen LogP contribution >= 0.6 is 0 Å². The van der Waals surface area contributed by atoms with Crippen LogP contribution in [-0.2, 0) is 19.4 Å². The van der Waals surface area contributed by atoms with Gasteiger partial charge in [-0.25, -0.2) is 9.97 Å². The molecule has 0 bridgehead atoms. The van der Waals surface area contributed by atoms with Crippen LogP contribution in [0.5, 0.6) is 5.75 Å². The SMILES string of the molecule is COc1cccc2c(NCc3ccccc3)nc(-n3c(N)nc4c3CCC(C)CC4)nc12. The summed E-state index contributed by atoms with van der Waals surface area (Å²) in [4.78, 5) is 14.5. The van der Waals surface area contributed by atoms with Gasteiger partial charge in [-0.05, 0) is 49.3 Å². The lowest BCUT2D eigenvalue weighted by Gasteiger charge is -2.15. The predicted octanol–water partition coefficient (Wildman–Crippen LogP) is 4.53. The molecule has 1 aliphatic carbocycles. The van der Waals surface area contributed by atoms with E-state index in [1.54, 1.807) is 7.11 Å². The van der Waals surface area contributed by atoms with Gasteiger partial charge < -0.3 is 15.8 Å². The maximum atomic E-state index is 6.39. The summed E-state index contributed by atoms with van der Waals surface area (Å²) in [5.74, 6) is 3.08. The Balaban J connectivity index is 1.64. The molecule has 2 aromatic carbocycles. The number of nitrogens with two attached hydrogens (primary N) is 1. The standard InChI is InChI=1S/C25H28N6O/c1-16-11-13-19-20(14-12-16)31(24(26)28-19)25-29-22-18(9-6-10-21(22)32-2)23(30-25)27-15-17-7-4-3-5-8-17/h3-10,16H,11-15H2,1-2H3,(H2,26,28)(H,27,29,30). The van der Waals surface area contributed by atoms with Gasteiger partial charge in [0.05, 0.1) is 18.5 Å². The number of anilines is 2. The average molecular weight is 429 g/mol. The average Bonchev–Trinajstić information content (AvgIpc) is 3.03. The number of hydrogen-bond donors (Lipinski definition) is 2. The highest BCUT2D eigenvalue weighted by Crippen LogP contribution is 2.32. The zero-order valence-corrected chi connectivity index (χ0v) is 18.5. The van der Waals surface area contributed by atoms with Gasteiger partial charge in [0.1, 0.15) is 17.1 Å². The largest absolute Gasteiger partial charge is 0.494 e. The summed E-state index contributed by atoms with van der Waals surface area (Å²) in [7, 11) is 1.66. The molecule has 1 aliphatic rings. The van der Waals surface area contributed by atoms with Crippen molar-refractivity contribution in [2.45, 2.75) is 39.2 Å². The van der Waals surface area contributed by atoms with Crippen LogP contribution in [0.2, 0.25) is 0 Å². The molecule has 0 saturated heterocycles. The number of hydrogen-bond acceptors (Lipinski definition) is 6. The Morgan fingerprint density at radius 1 is 1.03 bits per heavy atom. The van der Waals surface area contributed by atoms with Gasteiger partial charge in [0.2, 0.25) is 11.9 Å². The van der Waals surface area contributed by atoms with Crippen LogP contribution in [0, 0.1) is 5.92 Å². The van der Waals surface area contributed by atoms with Crippen molar-refractivity contribution in [3.8, 4) is 11.7 Å². The monoisotopic (exact) mass is 428 g/mol. The maximum absolute atomic E-state index is 6.39. The Morgan fingerprint density at radius 3 is 2.66 bits per heavy atom. The number of methoxy groups -OCH3 is 1. The highest BCUT2D eigenvalue weighted by atomic mass is 16.5. The van der Waals surface area contributed by atoms with E-state index in [1.165, 1.54) is 5.56 Å². The quantitative estimate of drug-likeness (QED) is 0.454. The van der Waals surface area contributed by atoms with Crippen molar-refractivity contribution >= 4 is 22.7 Å². The Hall–Kier alpha value is -3.61. The minimum Gasteiger partial charge on any atom is -0.494 e. The number of para-hydroxylation sites is 1. The van der Waals surface area contributed by atoms with Crippen LogP contribution in [0.25, 0.3) is 16.9 Å². The third kappa shape index (κ3) is 3.75. The smallest absolute Gasteiger partial charge is 0.239 e. The topological polar surface area (TPSA) is 90.9 Å². The molecule has 2 aromatic heterocycles. The Bertz CT molecular complexity index is 1250. The Labute approximate surface area is 187 Å². The van der Waals surface area contributed by atoms with Gasteiger partial charge in [-0.2, -0.15) is 4.98 Å². The van der Waals surface area contributed by atoms with Crippen molar-refractivity contribution < 1.29 is 4.74 Å². The first kappa shape index (κ1) is 20.3. The van der Waals surface area contributed by atoms with Crippen LogP contribution in [0.4, 0.5) is 11.8 Å². The fraction of sp³-hybridized carbons (Fsp3) is 0.320. The summed E-state index contributed by atoms with van der Waals surface area (Å²) in [6, 6.07) is 16.1. The number of benzene rings is 2. The van der Waals surface area contributed by atoms with Gasteiger partial charge in [0.15, 0.2) is 0 Å². The van der Waals surface area contributed by atoms with Crippen molar-refractivity contribution in [3.63, 3.8) is 0 Å². The van der Waals surface area contributed by atoms with Crippen molar-refractivity contribution in [1.82, 2.24) is 19.5 Å². The number of nitrogens with zero attached hydrogens (tertiary/aromatic N) is 4. The third-order valence-electron chi connectivity index (χ3n) is 6.23. The van der Waals surface area contributed by atoms with Gasteiger partial charge in [-0.1, -0.05) is 43.3 Å². The second kappa shape index (κ2) is 8.49. The van der Waals surface area contributed by atoms with E-state index in [0.29, 0.717) is 30.1 Å². The normalized spacial score (nSPS) is 15.9. The van der Waals surface area contributed by atoms with Crippen molar-refractivity contribution in [3.05, 3.63) is 65.5 Å². The van der Waals surface area contributed by atoms with E-state index in [9.17, 15) is 0 Å². The Morgan fingerprint density at radius 2 is 1.84 bits per heavy atom. The number of rotatable bonds is 5. The van der Waals surface area contributed by atoms with E-state index in [1.807, 2.05) is 41.0 Å². The van der Waals surface area contributed by atoms with E-state index < -0.39 is 0 Å². The number of nitrogens with one attached hydrogen (secondary N) is 1. The molecule has 0 aliphatic heterocycles. The van der Waals surface area contributed by atoms with Crippen molar-refractivity contribution in [2.24, 2.45) is 5.92 Å². The molecule has 4 aromatic rings. The summed E-state index contributed by atoms with van der Waals surface area (Å²) in [5, 5.41) is 4.40. The molecule has 3 N–H and O–H groups in total. The molecular formula is C25H28N6O. The van der Waals surface area contributed by atoms with E-state index in [0.717, 1.165) is 53.8 Å². The lowest BCUT2D eigenvalue weighted by Crippen LogP contribution is -2.12. The minimum absolute atomic E-state index is 0.438. The molecule has 0 saturated carbocycles. The molecule has 32 heavy (non-hydrogen) atoms. The molecule has 0 fully saturated rings. The summed E-state index contributed by atoms with van der Waals surface area (Å²) < 4.78 is 7.54. The number of aromatic nitrogens is 4. The summed E-state index contributed by atoms with van der Waals surface area (Å²) in [6.45, 7) is 2.95. The van der Waals surface area contributed by atoms with Gasteiger partial charge >= 0.3 is 0 Å². The molecular weight excluding hydrogens is 400 g/mol. The third-order valence-corrected chi connectivity index (χ3v) is 6.23. The highest BCUT2D eigenvalue weighted by Gasteiger charge is 2.23. The first-order valence-electron chi connectivity index (χ1n) is 11.1. The number of aryl methyl sites for hydroxylation is 1. The molecule has 0 amide bonds. The van der Waals surface area contributed by atoms with Crippen LogP contribution in [0.1, 0.15) is 36.7 Å². The van der Waals surface area contributed by atoms with Gasteiger partial charge in [0, 0.05) is 11.9 Å². The van der Waals surface area contributed by atoms with E-state index in [2.05, 4.69) is 29.4 Å². The van der Waals surface area contributed by atoms with Crippen LogP contribution in [0.15, 0.2) is 48.5 Å². The lowest BCUT2D eigenvalue weighted by molar-refractivity contribution is 0.419. The molecule has 1 atom stereocenters. The zero-order chi connectivity index (χ0) is 22.1. The fourth-order valence-corrected chi connectivity index (χ4v) is 4.41. The van der Waals surface area contributed by atoms with E-state index in [4.69, 9.17) is 20.4 Å². The first-order chi connectivity index (χ1) is 15.6. The summed E-state index contributed by atoms with van der Waals surface area (Å²) >= 11 is 0. The van der Waals surface area contributed by atoms with Gasteiger partial charge in [0.25, 0.3) is 0 Å². The maximum Gasteiger partial charge on any atom is 0.239 e. The summed E-state index contributed by atoms with van der Waals surface area (Å²) in [6.07, 6.45) is 4.08. The van der Waals surface area contributed by atoms with Gasteiger partial charge in [-0.3, -0.25) is 4.57 Å². The first-order valence-corrected chi connectivity index (χ1v) is 11.1.